The van der Waals surface area contributed by atoms with Crippen LogP contribution in [-0.4, -0.2) is 29.8 Å². The molecule has 0 amide bonds. The Hall–Kier alpha value is -2.15. The third-order valence-electron chi connectivity index (χ3n) is 3.35. The van der Waals surface area contributed by atoms with Crippen molar-refractivity contribution in [3.05, 3.63) is 42.5 Å². The van der Waals surface area contributed by atoms with Crippen LogP contribution in [0.4, 0.5) is 8.78 Å². The molecule has 0 aliphatic rings. The molecule has 2 aromatic rings. The number of alkyl halides is 2. The molecule has 0 bridgehead atoms. The van der Waals surface area contributed by atoms with Crippen molar-refractivity contribution < 1.29 is 18.3 Å². The van der Waals surface area contributed by atoms with Gasteiger partial charge in [0.05, 0.1) is 13.4 Å². The summed E-state index contributed by atoms with van der Waals surface area (Å²) < 4.78 is 36.1. The van der Waals surface area contributed by atoms with E-state index in [0.717, 1.165) is 18.7 Å². The summed E-state index contributed by atoms with van der Waals surface area (Å²) in [6, 6.07) is 4.94. The minimum absolute atomic E-state index is 0.0414. The van der Waals surface area contributed by atoms with E-state index in [9.17, 15) is 8.78 Å². The molecule has 0 spiro atoms. The maximum atomic E-state index is 12.3. The highest BCUT2D eigenvalue weighted by Crippen LogP contribution is 2.29. The summed E-state index contributed by atoms with van der Waals surface area (Å²) in [5.41, 5.74) is 0.943. The molecule has 5 nitrogen and oxygen atoms in total. The second-order valence-electron chi connectivity index (χ2n) is 5.36. The van der Waals surface area contributed by atoms with Gasteiger partial charge in [-0.1, -0.05) is 13.0 Å². The van der Waals surface area contributed by atoms with Gasteiger partial charge in [-0.3, -0.25) is 0 Å². The summed E-state index contributed by atoms with van der Waals surface area (Å²) in [6.45, 7) is 1.62. The molecule has 0 aliphatic heterocycles. The number of halogens is 2. The Morgan fingerprint density at radius 2 is 2.13 bits per heavy atom. The number of methoxy groups -OCH3 is 1. The van der Waals surface area contributed by atoms with Gasteiger partial charge in [0.15, 0.2) is 11.5 Å². The molecule has 1 atom stereocenters. The topological polar surface area (TPSA) is 48.3 Å². The van der Waals surface area contributed by atoms with Crippen molar-refractivity contribution >= 4 is 0 Å². The van der Waals surface area contributed by atoms with Gasteiger partial charge >= 0.3 is 6.61 Å². The lowest BCUT2D eigenvalue weighted by Gasteiger charge is -2.14. The molecule has 1 aromatic heterocycles. The van der Waals surface area contributed by atoms with Gasteiger partial charge in [-0.05, 0) is 30.2 Å². The highest BCUT2D eigenvalue weighted by molar-refractivity contribution is 5.42. The fourth-order valence-electron chi connectivity index (χ4n) is 2.30. The summed E-state index contributed by atoms with van der Waals surface area (Å²) in [6.07, 6.45) is 5.49. The number of ether oxygens (including phenoxy) is 2. The fourth-order valence-corrected chi connectivity index (χ4v) is 2.30. The van der Waals surface area contributed by atoms with E-state index >= 15 is 0 Å². The predicted molar refractivity (Wildman–Crippen MR) is 82.7 cm³/mol. The zero-order chi connectivity index (χ0) is 16.7. The molecule has 1 N–H and O–H groups in total. The number of aromatic nitrogens is 2. The number of nitrogens with one attached hydrogen (secondary N) is 1. The maximum absolute atomic E-state index is 12.3. The van der Waals surface area contributed by atoms with E-state index in [1.165, 1.54) is 13.2 Å². The number of hydrogen-bond acceptors (Lipinski definition) is 4. The zero-order valence-electron chi connectivity index (χ0n) is 13.2. The molecule has 1 heterocycles. The standard InChI is InChI=1S/C16H21F2N3O2/c1-12(10-21-6-5-19-11-21)8-20-9-13-3-4-14(23-16(17)18)15(7-13)22-2/h3-7,11-12,16,20H,8-10H2,1-2H3. The van der Waals surface area contributed by atoms with Gasteiger partial charge in [0.2, 0.25) is 0 Å². The second-order valence-corrected chi connectivity index (χ2v) is 5.36. The molecule has 1 aromatic carbocycles. The monoisotopic (exact) mass is 325 g/mol. The molecular formula is C16H21F2N3O2. The van der Waals surface area contributed by atoms with Crippen molar-refractivity contribution in [2.24, 2.45) is 5.92 Å². The first-order chi connectivity index (χ1) is 11.1. The molecule has 126 valence electrons. The third kappa shape index (κ3) is 5.52. The summed E-state index contributed by atoms with van der Waals surface area (Å²) in [5, 5.41) is 3.35. The Kier molecular flexibility index (Phi) is 6.34. The minimum atomic E-state index is -2.86. The Bertz CT molecular complexity index is 591. The van der Waals surface area contributed by atoms with Crippen LogP contribution in [0, 0.1) is 5.92 Å². The van der Waals surface area contributed by atoms with Crippen molar-refractivity contribution in [2.75, 3.05) is 13.7 Å². The first-order valence-corrected chi connectivity index (χ1v) is 7.36. The van der Waals surface area contributed by atoms with Gasteiger partial charge in [0.25, 0.3) is 0 Å². The average molecular weight is 325 g/mol. The van der Waals surface area contributed by atoms with E-state index < -0.39 is 6.61 Å². The van der Waals surface area contributed by atoms with E-state index in [1.54, 1.807) is 24.7 Å². The molecule has 0 aliphatic carbocycles. The van der Waals surface area contributed by atoms with Gasteiger partial charge < -0.3 is 19.4 Å². The molecule has 23 heavy (non-hydrogen) atoms. The summed E-state index contributed by atoms with van der Waals surface area (Å²) in [4.78, 5) is 4.01. The lowest BCUT2D eigenvalue weighted by molar-refractivity contribution is -0.0512. The number of imidazole rings is 1. The third-order valence-corrected chi connectivity index (χ3v) is 3.35. The number of benzene rings is 1. The van der Waals surface area contributed by atoms with Gasteiger partial charge in [0, 0.05) is 25.5 Å². The highest BCUT2D eigenvalue weighted by Gasteiger charge is 2.11. The first kappa shape index (κ1) is 17.2. The molecule has 0 radical (unpaired) electrons. The zero-order valence-corrected chi connectivity index (χ0v) is 13.2. The lowest BCUT2D eigenvalue weighted by Crippen LogP contribution is -2.23. The highest BCUT2D eigenvalue weighted by atomic mass is 19.3. The number of nitrogens with zero attached hydrogens (tertiary/aromatic N) is 2. The van der Waals surface area contributed by atoms with Gasteiger partial charge in [-0.2, -0.15) is 8.78 Å². The van der Waals surface area contributed by atoms with E-state index in [2.05, 4.69) is 22.0 Å². The molecule has 7 heteroatoms. The van der Waals surface area contributed by atoms with Crippen molar-refractivity contribution in [1.29, 1.82) is 0 Å². The van der Waals surface area contributed by atoms with Crippen LogP contribution in [-0.2, 0) is 13.1 Å². The van der Waals surface area contributed by atoms with Crippen molar-refractivity contribution in [2.45, 2.75) is 26.6 Å². The average Bonchev–Trinajstić information content (AvgIpc) is 3.01. The van der Waals surface area contributed by atoms with Gasteiger partial charge in [-0.25, -0.2) is 4.98 Å². The van der Waals surface area contributed by atoms with Crippen LogP contribution < -0.4 is 14.8 Å². The lowest BCUT2D eigenvalue weighted by atomic mass is 10.1. The number of hydrogen-bond donors (Lipinski definition) is 1. The fraction of sp³-hybridized carbons (Fsp3) is 0.438. The van der Waals surface area contributed by atoms with Crippen LogP contribution in [0.1, 0.15) is 12.5 Å². The predicted octanol–water partition coefficient (Wildman–Crippen LogP) is 2.92. The van der Waals surface area contributed by atoms with Crippen LogP contribution in [0.25, 0.3) is 0 Å². The van der Waals surface area contributed by atoms with Crippen LogP contribution in [0.5, 0.6) is 11.5 Å². The molecule has 2 rings (SSSR count). The Labute approximate surface area is 134 Å². The minimum Gasteiger partial charge on any atom is -0.493 e. The van der Waals surface area contributed by atoms with Crippen molar-refractivity contribution in [1.82, 2.24) is 14.9 Å². The first-order valence-electron chi connectivity index (χ1n) is 7.36. The van der Waals surface area contributed by atoms with Gasteiger partial charge in [0.1, 0.15) is 0 Å². The van der Waals surface area contributed by atoms with E-state index in [0.29, 0.717) is 18.2 Å². The molecule has 0 fully saturated rings. The Morgan fingerprint density at radius 3 is 2.78 bits per heavy atom. The normalized spacial score (nSPS) is 12.4. The van der Waals surface area contributed by atoms with Gasteiger partial charge in [-0.15, -0.1) is 0 Å². The molecule has 0 saturated heterocycles. The SMILES string of the molecule is COc1cc(CNCC(C)Cn2ccnc2)ccc1OC(F)F. The van der Waals surface area contributed by atoms with E-state index in [-0.39, 0.29) is 5.75 Å². The van der Waals surface area contributed by atoms with Crippen molar-refractivity contribution in [3.63, 3.8) is 0 Å². The van der Waals surface area contributed by atoms with Crippen LogP contribution >= 0.6 is 0 Å². The summed E-state index contributed by atoms with van der Waals surface area (Å²) in [7, 11) is 1.43. The molecule has 0 saturated carbocycles. The summed E-state index contributed by atoms with van der Waals surface area (Å²) in [5.74, 6) is 0.781. The summed E-state index contributed by atoms with van der Waals surface area (Å²) >= 11 is 0. The molecule has 1 unspecified atom stereocenters. The van der Waals surface area contributed by atoms with Crippen LogP contribution in [0.3, 0.4) is 0 Å². The largest absolute Gasteiger partial charge is 0.493 e. The van der Waals surface area contributed by atoms with Crippen molar-refractivity contribution in [3.8, 4) is 11.5 Å². The quantitative estimate of drug-likeness (QED) is 0.770. The van der Waals surface area contributed by atoms with E-state index in [4.69, 9.17) is 4.74 Å². The number of rotatable bonds is 9. The van der Waals surface area contributed by atoms with Crippen LogP contribution in [0.2, 0.25) is 0 Å². The Morgan fingerprint density at radius 1 is 1.30 bits per heavy atom. The smallest absolute Gasteiger partial charge is 0.387 e. The maximum Gasteiger partial charge on any atom is 0.387 e. The van der Waals surface area contributed by atoms with Crippen LogP contribution in [0.15, 0.2) is 36.9 Å². The second kappa shape index (κ2) is 8.47. The van der Waals surface area contributed by atoms with E-state index in [1.807, 2.05) is 10.8 Å². The Balaban J connectivity index is 1.83. The molecular weight excluding hydrogens is 304 g/mol.